The highest BCUT2D eigenvalue weighted by Gasteiger charge is 2.30. The zero-order chi connectivity index (χ0) is 15.5. The van der Waals surface area contributed by atoms with Crippen molar-refractivity contribution in [2.75, 3.05) is 13.1 Å². The Kier molecular flexibility index (Phi) is 4.81. The standard InChI is InChI=1S/C17H27N3O2/c1-12(2)16-15(11-22-19-16)17(21)18-13-8-9-20(10-13)14-6-4-3-5-7-14/h11-14H,3-10H2,1-2H3,(H,18,21). The van der Waals surface area contributed by atoms with E-state index >= 15 is 0 Å². The lowest BCUT2D eigenvalue weighted by molar-refractivity contribution is 0.0933. The third-order valence-corrected chi connectivity index (χ3v) is 5.04. The van der Waals surface area contributed by atoms with Gasteiger partial charge in [-0.05, 0) is 25.2 Å². The second-order valence-corrected chi connectivity index (χ2v) is 7.01. The summed E-state index contributed by atoms with van der Waals surface area (Å²) in [6, 6.07) is 0.988. The predicted molar refractivity (Wildman–Crippen MR) is 84.9 cm³/mol. The van der Waals surface area contributed by atoms with Gasteiger partial charge in [0.1, 0.15) is 11.8 Å². The minimum absolute atomic E-state index is 0.0413. The van der Waals surface area contributed by atoms with E-state index in [1.54, 1.807) is 0 Å². The molecule has 1 saturated heterocycles. The van der Waals surface area contributed by atoms with Gasteiger partial charge >= 0.3 is 0 Å². The zero-order valence-corrected chi connectivity index (χ0v) is 13.7. The Morgan fingerprint density at radius 3 is 2.82 bits per heavy atom. The number of nitrogens with zero attached hydrogens (tertiary/aromatic N) is 2. The van der Waals surface area contributed by atoms with Crippen LogP contribution in [0.3, 0.4) is 0 Å². The Balaban J connectivity index is 1.55. The largest absolute Gasteiger partial charge is 0.364 e. The molecule has 1 N–H and O–H groups in total. The van der Waals surface area contributed by atoms with Gasteiger partial charge < -0.3 is 9.84 Å². The van der Waals surface area contributed by atoms with Crippen LogP contribution >= 0.6 is 0 Å². The molecule has 0 aromatic carbocycles. The number of carbonyl (C=O) groups is 1. The molecule has 22 heavy (non-hydrogen) atoms. The predicted octanol–water partition coefficient (Wildman–Crippen LogP) is 2.93. The second-order valence-electron chi connectivity index (χ2n) is 7.01. The first-order valence-corrected chi connectivity index (χ1v) is 8.64. The summed E-state index contributed by atoms with van der Waals surface area (Å²) in [7, 11) is 0. The molecule has 0 bridgehead atoms. The average Bonchev–Trinajstić information content (AvgIpc) is 3.17. The molecule has 122 valence electrons. The van der Waals surface area contributed by atoms with Crippen molar-refractivity contribution in [3.8, 4) is 0 Å². The summed E-state index contributed by atoms with van der Waals surface area (Å²) in [6.45, 7) is 6.14. The molecule has 0 radical (unpaired) electrons. The zero-order valence-electron chi connectivity index (χ0n) is 13.7. The molecule has 1 unspecified atom stereocenters. The Labute approximate surface area is 132 Å². The summed E-state index contributed by atoms with van der Waals surface area (Å²) in [5.41, 5.74) is 1.34. The molecule has 1 saturated carbocycles. The van der Waals surface area contributed by atoms with Gasteiger partial charge in [0.15, 0.2) is 0 Å². The molecule has 1 aliphatic carbocycles. The summed E-state index contributed by atoms with van der Waals surface area (Å²) >= 11 is 0. The van der Waals surface area contributed by atoms with Crippen LogP contribution in [-0.4, -0.2) is 41.1 Å². The maximum Gasteiger partial charge on any atom is 0.256 e. The lowest BCUT2D eigenvalue weighted by Crippen LogP contribution is -2.40. The van der Waals surface area contributed by atoms with E-state index in [1.807, 2.05) is 13.8 Å². The minimum atomic E-state index is -0.0413. The minimum Gasteiger partial charge on any atom is -0.364 e. The number of nitrogens with one attached hydrogen (secondary N) is 1. The second kappa shape index (κ2) is 6.82. The molecule has 0 spiro atoms. The number of hydrogen-bond donors (Lipinski definition) is 1. The summed E-state index contributed by atoms with van der Waals surface area (Å²) < 4.78 is 4.99. The summed E-state index contributed by atoms with van der Waals surface area (Å²) in [4.78, 5) is 15.0. The molecule has 5 heteroatoms. The molecule has 2 aliphatic rings. The summed E-state index contributed by atoms with van der Waals surface area (Å²) in [5, 5.41) is 7.12. The van der Waals surface area contributed by atoms with Crippen molar-refractivity contribution in [1.29, 1.82) is 0 Å². The quantitative estimate of drug-likeness (QED) is 0.929. The molecule has 1 amide bonds. The average molecular weight is 305 g/mol. The number of rotatable bonds is 4. The molecule has 2 heterocycles. The van der Waals surface area contributed by atoms with Gasteiger partial charge in [0, 0.05) is 25.2 Å². The lowest BCUT2D eigenvalue weighted by Gasteiger charge is -2.31. The van der Waals surface area contributed by atoms with E-state index in [0.29, 0.717) is 5.56 Å². The van der Waals surface area contributed by atoms with E-state index in [1.165, 1.54) is 38.4 Å². The Morgan fingerprint density at radius 1 is 1.32 bits per heavy atom. The fourth-order valence-electron chi connectivity index (χ4n) is 3.78. The van der Waals surface area contributed by atoms with Crippen LogP contribution in [0, 0.1) is 0 Å². The highest BCUT2D eigenvalue weighted by atomic mass is 16.5. The molecular formula is C17H27N3O2. The van der Waals surface area contributed by atoms with E-state index < -0.39 is 0 Å². The van der Waals surface area contributed by atoms with Crippen molar-refractivity contribution in [2.24, 2.45) is 0 Å². The van der Waals surface area contributed by atoms with Crippen LogP contribution in [0.5, 0.6) is 0 Å². The van der Waals surface area contributed by atoms with Crippen molar-refractivity contribution < 1.29 is 9.32 Å². The van der Waals surface area contributed by atoms with Crippen molar-refractivity contribution in [3.63, 3.8) is 0 Å². The molecule has 1 atom stereocenters. The number of likely N-dealkylation sites (tertiary alicyclic amines) is 1. The molecule has 3 rings (SSSR count). The van der Waals surface area contributed by atoms with Crippen molar-refractivity contribution >= 4 is 5.91 Å². The fourth-order valence-corrected chi connectivity index (χ4v) is 3.78. The van der Waals surface area contributed by atoms with Crippen LogP contribution in [0.1, 0.15) is 74.3 Å². The van der Waals surface area contributed by atoms with Crippen LogP contribution in [0.4, 0.5) is 0 Å². The molecule has 2 fully saturated rings. The van der Waals surface area contributed by atoms with Crippen LogP contribution in [0.2, 0.25) is 0 Å². The molecule has 1 aliphatic heterocycles. The van der Waals surface area contributed by atoms with Crippen LogP contribution < -0.4 is 5.32 Å². The van der Waals surface area contributed by atoms with Gasteiger partial charge in [-0.1, -0.05) is 38.3 Å². The Bertz CT molecular complexity index is 506. The Morgan fingerprint density at radius 2 is 2.09 bits per heavy atom. The smallest absolute Gasteiger partial charge is 0.256 e. The van der Waals surface area contributed by atoms with Crippen molar-refractivity contribution in [2.45, 2.75) is 70.4 Å². The van der Waals surface area contributed by atoms with Gasteiger partial charge in [-0.25, -0.2) is 0 Å². The van der Waals surface area contributed by atoms with Crippen LogP contribution in [0.25, 0.3) is 0 Å². The monoisotopic (exact) mass is 305 g/mol. The summed E-state index contributed by atoms with van der Waals surface area (Å²) in [6.07, 6.45) is 9.26. The van der Waals surface area contributed by atoms with Gasteiger partial charge in [-0.2, -0.15) is 0 Å². The first-order chi connectivity index (χ1) is 10.6. The van der Waals surface area contributed by atoms with E-state index in [0.717, 1.165) is 31.2 Å². The number of carbonyl (C=O) groups excluding carboxylic acids is 1. The van der Waals surface area contributed by atoms with Gasteiger partial charge in [0.2, 0.25) is 0 Å². The highest BCUT2D eigenvalue weighted by molar-refractivity contribution is 5.95. The SMILES string of the molecule is CC(C)c1nocc1C(=O)NC1CCN(C2CCCCC2)C1. The first-order valence-electron chi connectivity index (χ1n) is 8.64. The van der Waals surface area contributed by atoms with Crippen LogP contribution in [0.15, 0.2) is 10.8 Å². The van der Waals surface area contributed by atoms with E-state index in [2.05, 4.69) is 15.4 Å². The van der Waals surface area contributed by atoms with Gasteiger partial charge in [-0.3, -0.25) is 9.69 Å². The molecule has 1 aromatic heterocycles. The number of hydrogen-bond acceptors (Lipinski definition) is 4. The first kappa shape index (κ1) is 15.5. The lowest BCUT2D eigenvalue weighted by atomic mass is 9.94. The van der Waals surface area contributed by atoms with Crippen molar-refractivity contribution in [3.05, 3.63) is 17.5 Å². The molecule has 1 aromatic rings. The molecule has 5 nitrogen and oxygen atoms in total. The van der Waals surface area contributed by atoms with Gasteiger partial charge in [0.25, 0.3) is 5.91 Å². The number of amides is 1. The van der Waals surface area contributed by atoms with E-state index in [4.69, 9.17) is 4.52 Å². The van der Waals surface area contributed by atoms with Crippen LogP contribution in [-0.2, 0) is 0 Å². The third kappa shape index (κ3) is 3.35. The fraction of sp³-hybridized carbons (Fsp3) is 0.765. The number of aromatic nitrogens is 1. The van der Waals surface area contributed by atoms with Gasteiger partial charge in [0.05, 0.1) is 5.69 Å². The van der Waals surface area contributed by atoms with Gasteiger partial charge in [-0.15, -0.1) is 0 Å². The normalized spacial score (nSPS) is 24.0. The van der Waals surface area contributed by atoms with Crippen molar-refractivity contribution in [1.82, 2.24) is 15.4 Å². The Hall–Kier alpha value is -1.36. The topological polar surface area (TPSA) is 58.4 Å². The third-order valence-electron chi connectivity index (χ3n) is 5.04. The maximum absolute atomic E-state index is 12.4. The molecular weight excluding hydrogens is 278 g/mol. The summed E-state index contributed by atoms with van der Waals surface area (Å²) in [5.74, 6) is 0.155. The highest BCUT2D eigenvalue weighted by Crippen LogP contribution is 2.26. The van der Waals surface area contributed by atoms with E-state index in [-0.39, 0.29) is 17.9 Å². The maximum atomic E-state index is 12.4. The van der Waals surface area contributed by atoms with E-state index in [9.17, 15) is 4.79 Å².